The van der Waals surface area contributed by atoms with E-state index in [1.165, 1.54) is 0 Å². The molecule has 0 aromatic carbocycles. The van der Waals surface area contributed by atoms with E-state index >= 15 is 0 Å². The molecule has 0 aliphatic carbocycles. The molecule has 0 radical (unpaired) electrons. The molecule has 0 bridgehead atoms. The summed E-state index contributed by atoms with van der Waals surface area (Å²) in [6.45, 7) is 5.17. The summed E-state index contributed by atoms with van der Waals surface area (Å²) in [5, 5.41) is 17.6. The van der Waals surface area contributed by atoms with Gasteiger partial charge in [0.1, 0.15) is 5.82 Å². The third-order valence-corrected chi connectivity index (χ3v) is 2.12. The number of carbonyl (C=O) groups is 2. The Bertz CT molecular complexity index is 425. The molecule has 0 unspecified atom stereocenters. The van der Waals surface area contributed by atoms with Gasteiger partial charge in [-0.3, -0.25) is 20.0 Å². The summed E-state index contributed by atoms with van der Waals surface area (Å²) in [7, 11) is 0. The molecule has 94 valence electrons. The largest absolute Gasteiger partial charge is 0.481 e. The van der Waals surface area contributed by atoms with Crippen molar-refractivity contribution in [3.8, 4) is 0 Å². The molecule has 0 spiro atoms. The molecule has 0 aliphatic rings. The highest BCUT2D eigenvalue weighted by molar-refractivity contribution is 5.89. The Kier molecular flexibility index (Phi) is 3.82. The fourth-order valence-corrected chi connectivity index (χ4v) is 1.47. The van der Waals surface area contributed by atoms with Crippen LogP contribution in [0.25, 0.3) is 0 Å². The molecular formula is C10H16N4O3. The zero-order valence-electron chi connectivity index (χ0n) is 10.1. The first-order valence-corrected chi connectivity index (χ1v) is 5.19. The number of nitrogens with zero attached hydrogens (tertiary/aromatic N) is 2. The number of hydrogen-bond donors (Lipinski definition) is 3. The molecule has 1 aromatic heterocycles. The Hall–Kier alpha value is -1.92. The average molecular weight is 240 g/mol. The number of aromatic nitrogens is 3. The second-order valence-electron chi connectivity index (χ2n) is 4.70. The summed E-state index contributed by atoms with van der Waals surface area (Å²) in [6.07, 6.45) is 0.0420. The summed E-state index contributed by atoms with van der Waals surface area (Å²) in [6, 6.07) is 0. The van der Waals surface area contributed by atoms with Crippen molar-refractivity contribution >= 4 is 17.8 Å². The predicted molar refractivity (Wildman–Crippen MR) is 60.4 cm³/mol. The summed E-state index contributed by atoms with van der Waals surface area (Å²) in [5.41, 5.74) is -0.596. The summed E-state index contributed by atoms with van der Waals surface area (Å²) < 4.78 is 0. The van der Waals surface area contributed by atoms with E-state index in [9.17, 15) is 9.59 Å². The first-order valence-electron chi connectivity index (χ1n) is 5.19. The molecule has 0 aliphatic heterocycles. The Balaban J connectivity index is 2.52. The van der Waals surface area contributed by atoms with Gasteiger partial charge in [-0.2, -0.15) is 4.98 Å². The smallest absolute Gasteiger partial charge is 0.303 e. The number of carboxylic acid groups (broad SMARTS) is 1. The number of rotatable bonds is 5. The van der Waals surface area contributed by atoms with Gasteiger partial charge in [-0.05, 0) is 12.3 Å². The van der Waals surface area contributed by atoms with Crippen molar-refractivity contribution in [3.05, 3.63) is 5.82 Å². The molecule has 1 rings (SSSR count). The molecule has 0 saturated heterocycles. The maximum atomic E-state index is 11.6. The van der Waals surface area contributed by atoms with Crippen LogP contribution in [0.1, 0.15) is 32.5 Å². The Morgan fingerprint density at radius 3 is 2.53 bits per heavy atom. The molecule has 7 heteroatoms. The van der Waals surface area contributed by atoms with E-state index in [1.807, 2.05) is 0 Å². The highest BCUT2D eigenvalue weighted by Crippen LogP contribution is 2.25. The van der Waals surface area contributed by atoms with Crippen LogP contribution >= 0.6 is 0 Å². The van der Waals surface area contributed by atoms with E-state index in [1.54, 1.807) is 20.8 Å². The van der Waals surface area contributed by atoms with E-state index < -0.39 is 11.4 Å². The normalized spacial score (nSPS) is 11.2. The Morgan fingerprint density at radius 2 is 2.06 bits per heavy atom. The number of hydrogen-bond acceptors (Lipinski definition) is 4. The van der Waals surface area contributed by atoms with Gasteiger partial charge >= 0.3 is 5.97 Å². The number of nitrogens with one attached hydrogen (secondary N) is 2. The van der Waals surface area contributed by atoms with Gasteiger partial charge in [0.25, 0.3) is 0 Å². The average Bonchev–Trinajstić information content (AvgIpc) is 2.46. The minimum atomic E-state index is -0.920. The van der Waals surface area contributed by atoms with Gasteiger partial charge in [-0.1, -0.05) is 13.8 Å². The maximum Gasteiger partial charge on any atom is 0.303 e. The molecule has 3 N–H and O–H groups in total. The summed E-state index contributed by atoms with van der Waals surface area (Å²) in [4.78, 5) is 26.1. The number of aliphatic carboxylic acids is 1. The number of H-pyrrole nitrogens is 1. The lowest BCUT2D eigenvalue weighted by Gasteiger charge is -2.20. The highest BCUT2D eigenvalue weighted by atomic mass is 16.4. The minimum Gasteiger partial charge on any atom is -0.481 e. The number of amides is 1. The first-order chi connectivity index (χ1) is 7.78. The molecule has 7 nitrogen and oxygen atoms in total. The molecule has 1 aromatic rings. The van der Waals surface area contributed by atoms with Gasteiger partial charge in [0.15, 0.2) is 0 Å². The molecular weight excluding hydrogens is 224 g/mol. The van der Waals surface area contributed by atoms with Gasteiger partial charge in [0, 0.05) is 6.42 Å². The molecule has 0 fully saturated rings. The van der Waals surface area contributed by atoms with E-state index in [0.29, 0.717) is 5.82 Å². The maximum absolute atomic E-state index is 11.6. The van der Waals surface area contributed by atoms with Crippen molar-refractivity contribution in [1.29, 1.82) is 0 Å². The Labute approximate surface area is 98.6 Å². The third-order valence-electron chi connectivity index (χ3n) is 2.12. The predicted octanol–water partition coefficient (Wildman–Crippen LogP) is 0.943. The van der Waals surface area contributed by atoms with Crippen LogP contribution < -0.4 is 5.32 Å². The van der Waals surface area contributed by atoms with E-state index in [-0.39, 0.29) is 24.7 Å². The lowest BCUT2D eigenvalue weighted by molar-refractivity contribution is -0.139. The van der Waals surface area contributed by atoms with Crippen molar-refractivity contribution in [2.45, 2.75) is 33.6 Å². The molecule has 1 amide bonds. The van der Waals surface area contributed by atoms with Crippen LogP contribution in [0.15, 0.2) is 0 Å². The first kappa shape index (κ1) is 13.1. The quantitative estimate of drug-likeness (QED) is 0.709. The van der Waals surface area contributed by atoms with Crippen molar-refractivity contribution in [1.82, 2.24) is 15.2 Å². The second kappa shape index (κ2) is 4.94. The summed E-state index contributed by atoms with van der Waals surface area (Å²) in [5.74, 6) is -0.407. The van der Waals surface area contributed by atoms with Crippen molar-refractivity contribution in [3.63, 3.8) is 0 Å². The molecule has 17 heavy (non-hydrogen) atoms. The van der Waals surface area contributed by atoms with Crippen LogP contribution in [0.3, 0.4) is 0 Å². The second-order valence-corrected chi connectivity index (χ2v) is 4.70. The van der Waals surface area contributed by atoms with Crippen LogP contribution in [0.2, 0.25) is 0 Å². The van der Waals surface area contributed by atoms with Gasteiger partial charge in [0.2, 0.25) is 11.9 Å². The van der Waals surface area contributed by atoms with Gasteiger partial charge in [-0.15, -0.1) is 5.10 Å². The van der Waals surface area contributed by atoms with Crippen molar-refractivity contribution < 1.29 is 14.7 Å². The van der Waals surface area contributed by atoms with Crippen molar-refractivity contribution in [2.75, 3.05) is 5.32 Å². The van der Waals surface area contributed by atoms with Crippen molar-refractivity contribution in [2.24, 2.45) is 5.41 Å². The standard InChI is InChI=1S/C10H16N4O3/c1-6-11-9(14-13-6)12-7(15)4-10(2,3)5-8(16)17/h4-5H2,1-3H3,(H,16,17)(H2,11,12,13,14,15). The van der Waals surface area contributed by atoms with Crippen LogP contribution in [0.4, 0.5) is 5.95 Å². The molecule has 0 atom stereocenters. The topological polar surface area (TPSA) is 108 Å². The van der Waals surface area contributed by atoms with Gasteiger partial charge < -0.3 is 5.11 Å². The lowest BCUT2D eigenvalue weighted by Crippen LogP contribution is -2.25. The number of carboxylic acids is 1. The fraction of sp³-hybridized carbons (Fsp3) is 0.600. The number of aromatic amines is 1. The third kappa shape index (κ3) is 4.62. The molecule has 0 saturated carbocycles. The monoisotopic (exact) mass is 240 g/mol. The number of carbonyl (C=O) groups excluding carboxylic acids is 1. The molecule has 1 heterocycles. The number of aryl methyl sites for hydroxylation is 1. The van der Waals surface area contributed by atoms with E-state index in [2.05, 4.69) is 20.5 Å². The van der Waals surface area contributed by atoms with E-state index in [4.69, 9.17) is 5.11 Å². The SMILES string of the molecule is Cc1nc(NC(=O)CC(C)(C)CC(=O)O)n[nH]1. The lowest BCUT2D eigenvalue weighted by atomic mass is 9.85. The fourth-order valence-electron chi connectivity index (χ4n) is 1.47. The minimum absolute atomic E-state index is 0.0621. The zero-order chi connectivity index (χ0) is 13.1. The zero-order valence-corrected chi connectivity index (χ0v) is 10.1. The highest BCUT2D eigenvalue weighted by Gasteiger charge is 2.25. The van der Waals surface area contributed by atoms with Crippen LogP contribution in [0, 0.1) is 12.3 Å². The van der Waals surface area contributed by atoms with Gasteiger partial charge in [0.05, 0.1) is 6.42 Å². The number of anilines is 1. The van der Waals surface area contributed by atoms with Crippen LogP contribution in [-0.4, -0.2) is 32.2 Å². The van der Waals surface area contributed by atoms with Crippen LogP contribution in [-0.2, 0) is 9.59 Å². The summed E-state index contributed by atoms with van der Waals surface area (Å²) >= 11 is 0. The Morgan fingerprint density at radius 1 is 1.41 bits per heavy atom. The van der Waals surface area contributed by atoms with Crippen LogP contribution in [0.5, 0.6) is 0 Å². The van der Waals surface area contributed by atoms with Gasteiger partial charge in [-0.25, -0.2) is 0 Å². The van der Waals surface area contributed by atoms with E-state index in [0.717, 1.165) is 0 Å².